The molecule has 0 saturated heterocycles. The number of nitrogens with two attached hydrogens (primary N) is 2. The highest BCUT2D eigenvalue weighted by molar-refractivity contribution is 5.84. The molecule has 2 aromatic carbocycles. The summed E-state index contributed by atoms with van der Waals surface area (Å²) in [7, 11) is 0. The number of amides is 1. The van der Waals surface area contributed by atoms with Gasteiger partial charge < -0.3 is 21.9 Å². The minimum Gasteiger partial charge on any atom is -0.465 e. The molecule has 0 bridgehead atoms. The molecular formula is C21H17F4N7O2. The van der Waals surface area contributed by atoms with Crippen LogP contribution in [0.3, 0.4) is 0 Å². The molecule has 0 saturated carbocycles. The Bertz CT molecular complexity index is 1400. The van der Waals surface area contributed by atoms with Crippen LogP contribution in [0.5, 0.6) is 0 Å². The van der Waals surface area contributed by atoms with Crippen molar-refractivity contribution in [2.45, 2.75) is 19.1 Å². The topological polar surface area (TPSA) is 145 Å². The first-order chi connectivity index (χ1) is 16.1. The molecule has 0 aliphatic heterocycles. The molecule has 0 radical (unpaired) electrons. The number of nitrogen functional groups attached to an aromatic ring is 2. The van der Waals surface area contributed by atoms with E-state index < -0.39 is 47.0 Å². The Morgan fingerprint density at radius 1 is 1.12 bits per heavy atom. The van der Waals surface area contributed by atoms with E-state index in [1.54, 1.807) is 0 Å². The van der Waals surface area contributed by atoms with E-state index in [-0.39, 0.29) is 34.1 Å². The Balaban J connectivity index is 1.88. The summed E-state index contributed by atoms with van der Waals surface area (Å²) in [5.74, 6) is -3.95. The third kappa shape index (κ3) is 3.91. The molecule has 2 unspecified atom stereocenters. The SMILES string of the molecule is CC(NC(=O)O)c1c(N)nc(-n2nc(C(F)c3cccc(F)c3F)c3cc(F)ccc32)nc1N. The molecule has 34 heavy (non-hydrogen) atoms. The molecule has 6 N–H and O–H groups in total. The summed E-state index contributed by atoms with van der Waals surface area (Å²) in [5, 5.41) is 15.2. The minimum absolute atomic E-state index is 0.0399. The van der Waals surface area contributed by atoms with Gasteiger partial charge in [-0.15, -0.1) is 0 Å². The highest BCUT2D eigenvalue weighted by atomic mass is 19.2. The molecule has 4 aromatic rings. The lowest BCUT2D eigenvalue weighted by molar-refractivity contribution is 0.191. The van der Waals surface area contributed by atoms with E-state index in [9.17, 15) is 18.0 Å². The van der Waals surface area contributed by atoms with Crippen LogP contribution in [-0.4, -0.2) is 30.9 Å². The number of fused-ring (bicyclic) bond motifs is 1. The summed E-state index contributed by atoms with van der Waals surface area (Å²) in [6, 6.07) is 5.51. The molecular weight excluding hydrogens is 458 g/mol. The van der Waals surface area contributed by atoms with Crippen LogP contribution in [0, 0.1) is 17.5 Å². The maximum Gasteiger partial charge on any atom is 0.405 e. The van der Waals surface area contributed by atoms with Crippen molar-refractivity contribution in [1.29, 1.82) is 0 Å². The van der Waals surface area contributed by atoms with Gasteiger partial charge in [-0.05, 0) is 31.2 Å². The number of rotatable bonds is 5. The first-order valence-electron chi connectivity index (χ1n) is 9.77. The number of alkyl halides is 1. The number of nitrogens with one attached hydrogen (secondary N) is 1. The summed E-state index contributed by atoms with van der Waals surface area (Å²) < 4.78 is 58.3. The molecule has 0 aliphatic rings. The molecule has 4 rings (SSSR count). The molecule has 0 aliphatic carbocycles. The molecule has 0 spiro atoms. The molecule has 0 fully saturated rings. The zero-order valence-electron chi connectivity index (χ0n) is 17.4. The van der Waals surface area contributed by atoms with Crippen molar-refractivity contribution in [2.24, 2.45) is 0 Å². The van der Waals surface area contributed by atoms with Gasteiger partial charge in [0.15, 0.2) is 17.8 Å². The first kappa shape index (κ1) is 22.8. The van der Waals surface area contributed by atoms with Crippen LogP contribution in [0.1, 0.15) is 36.0 Å². The van der Waals surface area contributed by atoms with Crippen molar-refractivity contribution in [3.63, 3.8) is 0 Å². The number of hydrogen-bond donors (Lipinski definition) is 4. The van der Waals surface area contributed by atoms with Crippen molar-refractivity contribution in [2.75, 3.05) is 11.5 Å². The van der Waals surface area contributed by atoms with E-state index in [4.69, 9.17) is 16.6 Å². The molecule has 13 heteroatoms. The van der Waals surface area contributed by atoms with Crippen LogP contribution in [0.4, 0.5) is 34.0 Å². The van der Waals surface area contributed by atoms with Gasteiger partial charge in [0.25, 0.3) is 5.95 Å². The third-order valence-corrected chi connectivity index (χ3v) is 5.12. The maximum absolute atomic E-state index is 15.4. The van der Waals surface area contributed by atoms with Crippen LogP contribution in [0.2, 0.25) is 0 Å². The summed E-state index contributed by atoms with van der Waals surface area (Å²) in [6.45, 7) is 1.48. The number of aromatic nitrogens is 4. The number of carboxylic acid groups (broad SMARTS) is 1. The average molecular weight is 475 g/mol. The quantitative estimate of drug-likeness (QED) is 0.321. The van der Waals surface area contributed by atoms with E-state index in [1.165, 1.54) is 13.0 Å². The van der Waals surface area contributed by atoms with Gasteiger partial charge in [0, 0.05) is 10.9 Å². The number of hydrogen-bond acceptors (Lipinski definition) is 6. The summed E-state index contributed by atoms with van der Waals surface area (Å²) in [4.78, 5) is 19.1. The van der Waals surface area contributed by atoms with Crippen molar-refractivity contribution >= 4 is 28.6 Å². The van der Waals surface area contributed by atoms with Crippen molar-refractivity contribution in [3.8, 4) is 5.95 Å². The van der Waals surface area contributed by atoms with E-state index in [2.05, 4.69) is 20.4 Å². The fourth-order valence-electron chi connectivity index (χ4n) is 3.60. The fourth-order valence-corrected chi connectivity index (χ4v) is 3.60. The minimum atomic E-state index is -2.25. The molecule has 2 heterocycles. The largest absolute Gasteiger partial charge is 0.465 e. The van der Waals surface area contributed by atoms with Crippen LogP contribution in [0.25, 0.3) is 16.9 Å². The third-order valence-electron chi connectivity index (χ3n) is 5.12. The lowest BCUT2D eigenvalue weighted by atomic mass is 10.0. The summed E-state index contributed by atoms with van der Waals surface area (Å²) in [5.41, 5.74) is 11.1. The summed E-state index contributed by atoms with van der Waals surface area (Å²) in [6.07, 6.45) is -3.58. The number of benzene rings is 2. The molecule has 9 nitrogen and oxygen atoms in total. The van der Waals surface area contributed by atoms with Crippen LogP contribution < -0.4 is 16.8 Å². The number of carbonyl (C=O) groups is 1. The lowest BCUT2D eigenvalue weighted by Gasteiger charge is -2.16. The van der Waals surface area contributed by atoms with E-state index in [1.807, 2.05) is 0 Å². The predicted octanol–water partition coefficient (Wildman–Crippen LogP) is 3.78. The highest BCUT2D eigenvalue weighted by Gasteiger charge is 2.27. The second-order valence-corrected chi connectivity index (χ2v) is 7.34. The van der Waals surface area contributed by atoms with E-state index in [0.717, 1.165) is 35.0 Å². The molecule has 176 valence electrons. The Labute approximate surface area is 189 Å². The molecule has 2 atom stereocenters. The van der Waals surface area contributed by atoms with Gasteiger partial charge in [0.05, 0.1) is 17.1 Å². The Kier molecular flexibility index (Phi) is 5.69. The van der Waals surface area contributed by atoms with Gasteiger partial charge in [-0.3, -0.25) is 0 Å². The van der Waals surface area contributed by atoms with Gasteiger partial charge in [0.1, 0.15) is 23.1 Å². The second-order valence-electron chi connectivity index (χ2n) is 7.34. The Morgan fingerprint density at radius 3 is 2.44 bits per heavy atom. The second kappa shape index (κ2) is 8.50. The fraction of sp³-hybridized carbons (Fsp3) is 0.143. The normalized spacial score (nSPS) is 13.1. The zero-order valence-corrected chi connectivity index (χ0v) is 17.4. The van der Waals surface area contributed by atoms with Crippen molar-refractivity contribution in [1.82, 2.24) is 25.1 Å². The van der Waals surface area contributed by atoms with Crippen molar-refractivity contribution < 1.29 is 27.5 Å². The number of halogens is 4. The predicted molar refractivity (Wildman–Crippen MR) is 114 cm³/mol. The standard InChI is InChI=1S/C21H17F4N7O2/c1-8(28-21(33)34)14-18(26)29-20(30-19(14)27)32-13-6-5-9(22)7-11(13)17(31-32)16(25)10-3-2-4-12(23)15(10)24/h2-8,16,28H,1H3,(H,33,34)(H4,26,27,29,30). The number of anilines is 2. The zero-order chi connectivity index (χ0) is 24.7. The average Bonchev–Trinajstić information content (AvgIpc) is 3.12. The van der Waals surface area contributed by atoms with Gasteiger partial charge >= 0.3 is 6.09 Å². The smallest absolute Gasteiger partial charge is 0.405 e. The lowest BCUT2D eigenvalue weighted by Crippen LogP contribution is -2.27. The maximum atomic E-state index is 15.4. The van der Waals surface area contributed by atoms with E-state index >= 15 is 4.39 Å². The van der Waals surface area contributed by atoms with Gasteiger partial charge in [0.2, 0.25) is 0 Å². The monoisotopic (exact) mass is 475 g/mol. The van der Waals surface area contributed by atoms with Crippen LogP contribution in [-0.2, 0) is 0 Å². The van der Waals surface area contributed by atoms with E-state index in [0.29, 0.717) is 0 Å². The number of nitrogens with zero attached hydrogens (tertiary/aromatic N) is 4. The van der Waals surface area contributed by atoms with Gasteiger partial charge in [-0.25, -0.2) is 22.4 Å². The molecule has 2 aromatic heterocycles. The highest BCUT2D eigenvalue weighted by Crippen LogP contribution is 2.35. The molecule has 1 amide bonds. The van der Waals surface area contributed by atoms with Crippen LogP contribution in [0.15, 0.2) is 36.4 Å². The van der Waals surface area contributed by atoms with Crippen molar-refractivity contribution in [3.05, 3.63) is 70.7 Å². The summed E-state index contributed by atoms with van der Waals surface area (Å²) >= 11 is 0. The van der Waals surface area contributed by atoms with Gasteiger partial charge in [-0.1, -0.05) is 12.1 Å². The Morgan fingerprint density at radius 2 is 1.79 bits per heavy atom. The first-order valence-corrected chi connectivity index (χ1v) is 9.77. The van der Waals surface area contributed by atoms with Crippen LogP contribution >= 0.6 is 0 Å². The Hall–Kier alpha value is -4.42. The van der Waals surface area contributed by atoms with Gasteiger partial charge in [-0.2, -0.15) is 19.7 Å².